The second-order valence-electron chi connectivity index (χ2n) is 8.13. The van der Waals surface area contributed by atoms with Crippen molar-refractivity contribution in [2.24, 2.45) is 0 Å². The van der Waals surface area contributed by atoms with Gasteiger partial charge in [0.1, 0.15) is 11.3 Å². The third kappa shape index (κ3) is 5.05. The minimum absolute atomic E-state index is 0.0958. The Hall–Kier alpha value is -3.46. The van der Waals surface area contributed by atoms with Crippen LogP contribution in [0.4, 0.5) is 10.5 Å². The lowest BCUT2D eigenvalue weighted by Crippen LogP contribution is -2.54. The van der Waals surface area contributed by atoms with Crippen LogP contribution in [0, 0.1) is 0 Å². The first kappa shape index (κ1) is 23.2. The van der Waals surface area contributed by atoms with Gasteiger partial charge in [-0.2, -0.15) is 0 Å². The van der Waals surface area contributed by atoms with Gasteiger partial charge in [0.2, 0.25) is 0 Å². The third-order valence-electron chi connectivity index (χ3n) is 4.71. The molecule has 1 aliphatic rings. The summed E-state index contributed by atoms with van der Waals surface area (Å²) >= 11 is 3.28. The number of imide groups is 2. The van der Waals surface area contributed by atoms with Crippen molar-refractivity contribution >= 4 is 51.5 Å². The summed E-state index contributed by atoms with van der Waals surface area (Å²) in [5.74, 6) is -2.37. The van der Waals surface area contributed by atoms with Gasteiger partial charge in [-0.25, -0.2) is 14.5 Å². The standard InChI is InChI=1S/C23H21BrN2O6/c1-23(2,3)14-5-7-15(8-6-14)26-21(30)16(20(29)25-22(26)31)10-13-4-9-18(17(24)11-13)32-12-19(27)28/h4-11H,12H2,1-3H3,(H,27,28)(H,25,29,31)/b16-10-. The lowest BCUT2D eigenvalue weighted by atomic mass is 9.87. The molecular formula is C23H21BrN2O6. The molecule has 0 radical (unpaired) electrons. The summed E-state index contributed by atoms with van der Waals surface area (Å²) in [6.07, 6.45) is 1.35. The molecule has 1 fully saturated rings. The normalized spacial score (nSPS) is 15.7. The van der Waals surface area contributed by atoms with Gasteiger partial charge in [-0.1, -0.05) is 39.0 Å². The third-order valence-corrected chi connectivity index (χ3v) is 5.33. The second kappa shape index (κ2) is 8.96. The summed E-state index contributed by atoms with van der Waals surface area (Å²) in [6.45, 7) is 5.65. The van der Waals surface area contributed by atoms with E-state index >= 15 is 0 Å². The summed E-state index contributed by atoms with van der Waals surface area (Å²) in [6, 6.07) is 10.8. The number of carbonyl (C=O) groups excluding carboxylic acids is 3. The van der Waals surface area contributed by atoms with E-state index < -0.39 is 30.4 Å². The number of carboxylic acid groups (broad SMARTS) is 1. The molecule has 2 N–H and O–H groups in total. The van der Waals surface area contributed by atoms with Crippen molar-refractivity contribution in [3.8, 4) is 5.75 Å². The topological polar surface area (TPSA) is 113 Å². The molecule has 166 valence electrons. The molecular weight excluding hydrogens is 480 g/mol. The fourth-order valence-corrected chi connectivity index (χ4v) is 3.54. The molecule has 3 rings (SSSR count). The maximum Gasteiger partial charge on any atom is 0.341 e. The van der Waals surface area contributed by atoms with E-state index in [1.165, 1.54) is 12.1 Å². The zero-order chi connectivity index (χ0) is 23.6. The highest BCUT2D eigenvalue weighted by Gasteiger charge is 2.37. The average molecular weight is 501 g/mol. The van der Waals surface area contributed by atoms with Crippen LogP contribution in [0.3, 0.4) is 0 Å². The lowest BCUT2D eigenvalue weighted by molar-refractivity contribution is -0.139. The maximum atomic E-state index is 13.0. The Morgan fingerprint density at radius 2 is 1.78 bits per heavy atom. The van der Waals surface area contributed by atoms with Gasteiger partial charge in [0.05, 0.1) is 10.2 Å². The summed E-state index contributed by atoms with van der Waals surface area (Å²) in [4.78, 5) is 49.4. The van der Waals surface area contributed by atoms with E-state index in [4.69, 9.17) is 9.84 Å². The van der Waals surface area contributed by atoms with E-state index in [9.17, 15) is 19.2 Å². The SMILES string of the molecule is CC(C)(C)c1ccc(N2C(=O)NC(=O)/C(=C/c3ccc(OCC(=O)O)c(Br)c3)C2=O)cc1. The Morgan fingerprint density at radius 3 is 2.34 bits per heavy atom. The van der Waals surface area contributed by atoms with E-state index in [-0.39, 0.29) is 11.0 Å². The van der Waals surface area contributed by atoms with E-state index in [1.807, 2.05) is 12.1 Å². The zero-order valence-corrected chi connectivity index (χ0v) is 19.2. The van der Waals surface area contributed by atoms with Crippen molar-refractivity contribution in [1.82, 2.24) is 5.32 Å². The number of anilines is 1. The highest BCUT2D eigenvalue weighted by molar-refractivity contribution is 9.10. The molecule has 0 unspecified atom stereocenters. The predicted octanol–water partition coefficient (Wildman–Crippen LogP) is 3.88. The number of rotatable bonds is 5. The monoisotopic (exact) mass is 500 g/mol. The summed E-state index contributed by atoms with van der Waals surface area (Å²) in [5.41, 5.74) is 1.55. The van der Waals surface area contributed by atoms with Crippen LogP contribution in [0.2, 0.25) is 0 Å². The number of hydrogen-bond acceptors (Lipinski definition) is 5. The second-order valence-corrected chi connectivity index (χ2v) is 8.98. The van der Waals surface area contributed by atoms with Gasteiger partial charge in [-0.05, 0) is 62.8 Å². The van der Waals surface area contributed by atoms with Crippen LogP contribution >= 0.6 is 15.9 Å². The number of carbonyl (C=O) groups is 4. The Bertz CT molecular complexity index is 1130. The molecule has 0 saturated carbocycles. The molecule has 32 heavy (non-hydrogen) atoms. The minimum atomic E-state index is -1.12. The largest absolute Gasteiger partial charge is 0.481 e. The first-order valence-electron chi connectivity index (χ1n) is 9.63. The fraction of sp³-hybridized carbons (Fsp3) is 0.217. The number of halogens is 1. The van der Waals surface area contributed by atoms with Gasteiger partial charge in [0.15, 0.2) is 6.61 Å². The molecule has 1 aliphatic heterocycles. The number of ether oxygens (including phenoxy) is 1. The Balaban J connectivity index is 1.90. The Kier molecular flexibility index (Phi) is 6.50. The molecule has 8 nitrogen and oxygen atoms in total. The molecule has 2 aromatic carbocycles. The number of nitrogens with zero attached hydrogens (tertiary/aromatic N) is 1. The Morgan fingerprint density at radius 1 is 1.12 bits per heavy atom. The van der Waals surface area contributed by atoms with E-state index in [2.05, 4.69) is 42.0 Å². The van der Waals surface area contributed by atoms with Crippen LogP contribution < -0.4 is 15.0 Å². The molecule has 0 bridgehead atoms. The van der Waals surface area contributed by atoms with Crippen molar-refractivity contribution in [3.05, 3.63) is 63.6 Å². The summed E-state index contributed by atoms with van der Waals surface area (Å²) in [5, 5.41) is 10.9. The maximum absolute atomic E-state index is 13.0. The molecule has 0 spiro atoms. The number of urea groups is 1. The first-order valence-corrected chi connectivity index (χ1v) is 10.4. The molecule has 4 amide bonds. The predicted molar refractivity (Wildman–Crippen MR) is 121 cm³/mol. The van der Waals surface area contributed by atoms with Crippen LogP contribution in [0.5, 0.6) is 5.75 Å². The minimum Gasteiger partial charge on any atom is -0.481 e. The van der Waals surface area contributed by atoms with Gasteiger partial charge >= 0.3 is 12.0 Å². The lowest BCUT2D eigenvalue weighted by Gasteiger charge is -2.27. The Labute approximate surface area is 193 Å². The highest BCUT2D eigenvalue weighted by Crippen LogP contribution is 2.29. The van der Waals surface area contributed by atoms with Crippen molar-refractivity contribution in [2.75, 3.05) is 11.5 Å². The van der Waals surface area contributed by atoms with Crippen molar-refractivity contribution in [3.63, 3.8) is 0 Å². The number of amides is 4. The van der Waals surface area contributed by atoms with Gasteiger partial charge in [0.25, 0.3) is 11.8 Å². The molecule has 1 saturated heterocycles. The summed E-state index contributed by atoms with van der Waals surface area (Å²) in [7, 11) is 0. The van der Waals surface area contributed by atoms with Crippen LogP contribution in [-0.4, -0.2) is 35.5 Å². The smallest absolute Gasteiger partial charge is 0.341 e. The number of benzene rings is 2. The molecule has 9 heteroatoms. The van der Waals surface area contributed by atoms with Gasteiger partial charge in [-0.3, -0.25) is 14.9 Å². The molecule has 1 heterocycles. The van der Waals surface area contributed by atoms with Gasteiger partial charge < -0.3 is 9.84 Å². The van der Waals surface area contributed by atoms with Crippen LogP contribution in [0.15, 0.2) is 52.5 Å². The average Bonchev–Trinajstić information content (AvgIpc) is 2.70. The van der Waals surface area contributed by atoms with E-state index in [0.717, 1.165) is 10.5 Å². The van der Waals surface area contributed by atoms with E-state index in [0.29, 0.717) is 21.5 Å². The molecule has 0 atom stereocenters. The van der Waals surface area contributed by atoms with Crippen LogP contribution in [-0.2, 0) is 19.8 Å². The number of nitrogens with one attached hydrogen (secondary N) is 1. The van der Waals surface area contributed by atoms with Crippen molar-refractivity contribution in [1.29, 1.82) is 0 Å². The molecule has 2 aromatic rings. The summed E-state index contributed by atoms with van der Waals surface area (Å²) < 4.78 is 5.59. The highest BCUT2D eigenvalue weighted by atomic mass is 79.9. The van der Waals surface area contributed by atoms with Crippen molar-refractivity contribution < 1.29 is 29.0 Å². The quantitative estimate of drug-likeness (QED) is 0.475. The van der Waals surface area contributed by atoms with Crippen LogP contribution in [0.25, 0.3) is 6.08 Å². The number of carboxylic acids is 1. The number of aliphatic carboxylic acids is 1. The molecule has 0 aliphatic carbocycles. The number of barbiturate groups is 1. The van der Waals surface area contributed by atoms with Crippen LogP contribution in [0.1, 0.15) is 31.9 Å². The zero-order valence-electron chi connectivity index (χ0n) is 17.6. The van der Waals surface area contributed by atoms with Gasteiger partial charge in [0, 0.05) is 0 Å². The first-order chi connectivity index (χ1) is 15.0. The molecule has 0 aromatic heterocycles. The number of hydrogen-bond donors (Lipinski definition) is 2. The van der Waals surface area contributed by atoms with Crippen molar-refractivity contribution in [2.45, 2.75) is 26.2 Å². The van der Waals surface area contributed by atoms with E-state index in [1.54, 1.807) is 24.3 Å². The van der Waals surface area contributed by atoms with Gasteiger partial charge in [-0.15, -0.1) is 0 Å². The fourth-order valence-electron chi connectivity index (χ4n) is 3.03.